The number of hydrogen-bond donors (Lipinski definition) is 1. The third kappa shape index (κ3) is 3.32. The van der Waals surface area contributed by atoms with Crippen LogP contribution in [0.25, 0.3) is 0 Å². The van der Waals surface area contributed by atoms with Crippen LogP contribution in [-0.2, 0) is 6.42 Å². The molecule has 0 atom stereocenters. The fraction of sp³-hybridized carbons (Fsp3) is 0.600. The van der Waals surface area contributed by atoms with Crippen LogP contribution in [0.1, 0.15) is 18.4 Å². The van der Waals surface area contributed by atoms with Crippen LogP contribution in [-0.4, -0.2) is 34.4 Å². The lowest BCUT2D eigenvalue weighted by Crippen LogP contribution is -2.28. The fourth-order valence-corrected chi connectivity index (χ4v) is 2.65. The number of piperidine rings is 1. The average molecular weight is 265 g/mol. The molecule has 4 heteroatoms. The van der Waals surface area contributed by atoms with Crippen molar-refractivity contribution >= 4 is 0 Å². The van der Waals surface area contributed by atoms with Crippen molar-refractivity contribution in [1.29, 1.82) is 0 Å². The molecule has 2 rings (SSSR count). The van der Waals surface area contributed by atoms with Crippen LogP contribution in [0, 0.1) is 5.92 Å². The molecule has 1 saturated heterocycles. The monoisotopic (exact) mass is 265 g/mol. The molecule has 0 unspecified atom stereocenters. The number of nitrogens with one attached hydrogen (secondary N) is 1. The van der Waals surface area contributed by atoms with Gasteiger partial charge in [0.25, 0.3) is 0 Å². The van der Waals surface area contributed by atoms with Gasteiger partial charge in [-0.1, -0.05) is 0 Å². The molecule has 0 aliphatic carbocycles. The first kappa shape index (κ1) is 14.0. The van der Waals surface area contributed by atoms with Gasteiger partial charge in [-0.05, 0) is 38.3 Å². The van der Waals surface area contributed by atoms with E-state index in [-0.39, 0.29) is 0 Å². The molecule has 1 N–H and O–H groups in total. The van der Waals surface area contributed by atoms with Crippen molar-refractivity contribution < 1.29 is 14.2 Å². The van der Waals surface area contributed by atoms with E-state index in [2.05, 4.69) is 5.32 Å². The first-order valence-corrected chi connectivity index (χ1v) is 6.78. The number of benzene rings is 1. The van der Waals surface area contributed by atoms with Crippen LogP contribution in [0.5, 0.6) is 17.2 Å². The molecule has 1 aromatic rings. The van der Waals surface area contributed by atoms with Gasteiger partial charge in [0.1, 0.15) is 17.2 Å². The zero-order valence-corrected chi connectivity index (χ0v) is 12.0. The number of hydrogen-bond acceptors (Lipinski definition) is 4. The van der Waals surface area contributed by atoms with Crippen LogP contribution in [0.2, 0.25) is 0 Å². The van der Waals surface area contributed by atoms with Gasteiger partial charge >= 0.3 is 0 Å². The topological polar surface area (TPSA) is 39.7 Å². The fourth-order valence-electron chi connectivity index (χ4n) is 2.65. The van der Waals surface area contributed by atoms with Crippen LogP contribution < -0.4 is 19.5 Å². The van der Waals surface area contributed by atoms with E-state index >= 15 is 0 Å². The Hall–Kier alpha value is -1.42. The molecule has 0 aromatic heterocycles. The number of rotatable bonds is 5. The van der Waals surface area contributed by atoms with Crippen LogP contribution in [0.4, 0.5) is 0 Å². The molecule has 19 heavy (non-hydrogen) atoms. The Balaban J connectivity index is 2.25. The van der Waals surface area contributed by atoms with Gasteiger partial charge in [-0.3, -0.25) is 0 Å². The summed E-state index contributed by atoms with van der Waals surface area (Å²) in [6, 6.07) is 3.86. The Labute approximate surface area is 115 Å². The van der Waals surface area contributed by atoms with Gasteiger partial charge in [-0.25, -0.2) is 0 Å². The summed E-state index contributed by atoms with van der Waals surface area (Å²) >= 11 is 0. The minimum atomic E-state index is 0.692. The van der Waals surface area contributed by atoms with Gasteiger partial charge < -0.3 is 19.5 Å². The van der Waals surface area contributed by atoms with E-state index in [4.69, 9.17) is 14.2 Å². The average Bonchev–Trinajstić information content (AvgIpc) is 2.48. The van der Waals surface area contributed by atoms with Gasteiger partial charge in [0.15, 0.2) is 0 Å². The Bertz CT molecular complexity index is 389. The van der Waals surface area contributed by atoms with E-state index in [9.17, 15) is 0 Å². The summed E-state index contributed by atoms with van der Waals surface area (Å²) in [6.07, 6.45) is 3.41. The second kappa shape index (κ2) is 6.66. The summed E-state index contributed by atoms with van der Waals surface area (Å²) in [5, 5.41) is 3.39. The van der Waals surface area contributed by atoms with Gasteiger partial charge in [0.2, 0.25) is 0 Å². The molecule has 1 aromatic carbocycles. The van der Waals surface area contributed by atoms with Crippen LogP contribution in [0.15, 0.2) is 12.1 Å². The summed E-state index contributed by atoms with van der Waals surface area (Å²) in [7, 11) is 5.04. The molecule has 0 bridgehead atoms. The third-order valence-electron chi connectivity index (χ3n) is 3.77. The zero-order chi connectivity index (χ0) is 13.7. The van der Waals surface area contributed by atoms with E-state index in [1.54, 1.807) is 21.3 Å². The van der Waals surface area contributed by atoms with Crippen molar-refractivity contribution in [3.63, 3.8) is 0 Å². The van der Waals surface area contributed by atoms with Crippen molar-refractivity contribution in [2.24, 2.45) is 5.92 Å². The molecular formula is C15H23NO3. The molecule has 1 aliphatic heterocycles. The molecule has 0 spiro atoms. The molecule has 1 heterocycles. The zero-order valence-electron chi connectivity index (χ0n) is 12.0. The number of ether oxygens (including phenoxy) is 3. The summed E-state index contributed by atoms with van der Waals surface area (Å²) in [6.45, 7) is 2.21. The van der Waals surface area contributed by atoms with Crippen LogP contribution in [0.3, 0.4) is 0 Å². The maximum atomic E-state index is 5.50. The maximum absolute atomic E-state index is 5.50. The van der Waals surface area contributed by atoms with Gasteiger partial charge in [0, 0.05) is 17.7 Å². The summed E-state index contributed by atoms with van der Waals surface area (Å²) in [5.74, 6) is 3.17. The minimum Gasteiger partial charge on any atom is -0.496 e. The Morgan fingerprint density at radius 2 is 1.58 bits per heavy atom. The highest BCUT2D eigenvalue weighted by Gasteiger charge is 2.19. The first-order valence-electron chi connectivity index (χ1n) is 6.78. The van der Waals surface area contributed by atoms with E-state index < -0.39 is 0 Å². The smallest absolute Gasteiger partial charge is 0.129 e. The first-order chi connectivity index (χ1) is 9.28. The summed E-state index contributed by atoms with van der Waals surface area (Å²) in [4.78, 5) is 0. The Morgan fingerprint density at radius 3 is 2.05 bits per heavy atom. The number of methoxy groups -OCH3 is 3. The second-order valence-corrected chi connectivity index (χ2v) is 4.91. The highest BCUT2D eigenvalue weighted by atomic mass is 16.5. The van der Waals surface area contributed by atoms with E-state index in [1.165, 1.54) is 12.8 Å². The lowest BCUT2D eigenvalue weighted by Gasteiger charge is -2.24. The van der Waals surface area contributed by atoms with Crippen molar-refractivity contribution in [1.82, 2.24) is 5.32 Å². The van der Waals surface area contributed by atoms with Crippen molar-refractivity contribution in [3.05, 3.63) is 17.7 Å². The predicted molar refractivity (Wildman–Crippen MR) is 75.4 cm³/mol. The molecular weight excluding hydrogens is 242 g/mol. The molecule has 1 aliphatic rings. The van der Waals surface area contributed by atoms with E-state index in [0.717, 1.165) is 42.3 Å². The minimum absolute atomic E-state index is 0.692. The van der Waals surface area contributed by atoms with Crippen molar-refractivity contribution in [3.8, 4) is 17.2 Å². The largest absolute Gasteiger partial charge is 0.496 e. The molecule has 0 amide bonds. The van der Waals surface area contributed by atoms with Gasteiger partial charge in [-0.15, -0.1) is 0 Å². The highest BCUT2D eigenvalue weighted by molar-refractivity contribution is 5.51. The standard InChI is InChI=1S/C15H23NO3/c1-17-12-9-14(18-2)13(15(10-12)19-3)8-11-4-6-16-7-5-11/h9-11,16H,4-8H2,1-3H3. The predicted octanol–water partition coefficient (Wildman–Crippen LogP) is 2.25. The lowest BCUT2D eigenvalue weighted by atomic mass is 9.90. The van der Waals surface area contributed by atoms with Crippen molar-refractivity contribution in [2.45, 2.75) is 19.3 Å². The van der Waals surface area contributed by atoms with E-state index in [0.29, 0.717) is 5.92 Å². The highest BCUT2D eigenvalue weighted by Crippen LogP contribution is 2.36. The van der Waals surface area contributed by atoms with Crippen molar-refractivity contribution in [2.75, 3.05) is 34.4 Å². The van der Waals surface area contributed by atoms with Crippen LogP contribution >= 0.6 is 0 Å². The lowest BCUT2D eigenvalue weighted by molar-refractivity contribution is 0.341. The van der Waals surface area contributed by atoms with E-state index in [1.807, 2.05) is 12.1 Å². The summed E-state index contributed by atoms with van der Waals surface area (Å²) < 4.78 is 16.3. The maximum Gasteiger partial charge on any atom is 0.129 e. The quantitative estimate of drug-likeness (QED) is 0.886. The molecule has 4 nitrogen and oxygen atoms in total. The normalized spacial score (nSPS) is 16.2. The van der Waals surface area contributed by atoms with Gasteiger partial charge in [-0.2, -0.15) is 0 Å². The second-order valence-electron chi connectivity index (χ2n) is 4.91. The SMILES string of the molecule is COc1cc(OC)c(CC2CCNCC2)c(OC)c1. The molecule has 0 radical (unpaired) electrons. The molecule has 106 valence electrons. The molecule has 1 fully saturated rings. The Morgan fingerprint density at radius 1 is 1.00 bits per heavy atom. The third-order valence-corrected chi connectivity index (χ3v) is 3.77. The summed E-state index contributed by atoms with van der Waals surface area (Å²) in [5.41, 5.74) is 1.15. The molecule has 0 saturated carbocycles. The van der Waals surface area contributed by atoms with Gasteiger partial charge in [0.05, 0.1) is 21.3 Å². The Kier molecular flexibility index (Phi) is 4.91.